The highest BCUT2D eigenvalue weighted by molar-refractivity contribution is 7.89. The van der Waals surface area contributed by atoms with Gasteiger partial charge in [0, 0.05) is 37.4 Å². The van der Waals surface area contributed by atoms with Gasteiger partial charge in [-0.05, 0) is 67.1 Å². The van der Waals surface area contributed by atoms with Crippen molar-refractivity contribution < 1.29 is 22.0 Å². The summed E-state index contributed by atoms with van der Waals surface area (Å²) in [6.45, 7) is 3.16. The number of hydrogen-bond donors (Lipinski definition) is 1. The Bertz CT molecular complexity index is 1270. The molecule has 1 heterocycles. The fraction of sp³-hybridized carbons (Fsp3) is 0.208. The molecule has 1 amide bonds. The molecule has 33 heavy (non-hydrogen) atoms. The average Bonchev–Trinajstić information content (AvgIpc) is 2.81. The standard InChI is InChI=1S/C24H23F2N3O3S/c1-17-5-10-23(22(26)15-17)27-24(30)18-3-2-4-21(16-18)33(31,32)29-13-11-28(12-14-29)20-8-6-19(25)7-9-20/h2-10,15-16H,11-14H2,1H3,(H,27,30). The maximum Gasteiger partial charge on any atom is 0.255 e. The van der Waals surface area contributed by atoms with E-state index in [2.05, 4.69) is 5.32 Å². The van der Waals surface area contributed by atoms with Gasteiger partial charge >= 0.3 is 0 Å². The number of carbonyl (C=O) groups is 1. The number of rotatable bonds is 5. The van der Waals surface area contributed by atoms with Crippen molar-refractivity contribution in [3.63, 3.8) is 0 Å². The number of nitrogens with one attached hydrogen (secondary N) is 1. The van der Waals surface area contributed by atoms with E-state index in [9.17, 15) is 22.0 Å². The summed E-state index contributed by atoms with van der Waals surface area (Å²) < 4.78 is 54.9. The Hall–Kier alpha value is -3.30. The van der Waals surface area contributed by atoms with E-state index in [1.54, 1.807) is 25.1 Å². The minimum atomic E-state index is -3.82. The topological polar surface area (TPSA) is 69.7 Å². The van der Waals surface area contributed by atoms with Crippen molar-refractivity contribution in [2.75, 3.05) is 36.4 Å². The lowest BCUT2D eigenvalue weighted by Crippen LogP contribution is -2.48. The minimum absolute atomic E-state index is 0.00485. The summed E-state index contributed by atoms with van der Waals surface area (Å²) in [6.07, 6.45) is 0. The van der Waals surface area contributed by atoms with Gasteiger partial charge in [0.25, 0.3) is 5.91 Å². The van der Waals surface area contributed by atoms with Crippen molar-refractivity contribution in [2.24, 2.45) is 0 Å². The molecule has 9 heteroatoms. The maximum atomic E-state index is 14.1. The Balaban J connectivity index is 1.47. The summed E-state index contributed by atoms with van der Waals surface area (Å²) in [5, 5.41) is 2.48. The zero-order valence-electron chi connectivity index (χ0n) is 18.0. The maximum absolute atomic E-state index is 14.1. The Morgan fingerprint density at radius 3 is 2.27 bits per heavy atom. The molecule has 0 unspecified atom stereocenters. The highest BCUT2D eigenvalue weighted by Crippen LogP contribution is 2.23. The van der Waals surface area contributed by atoms with Gasteiger partial charge in [0.15, 0.2) is 0 Å². The number of sulfonamides is 1. The van der Waals surface area contributed by atoms with Crippen molar-refractivity contribution in [1.82, 2.24) is 4.31 Å². The number of amides is 1. The molecule has 0 bridgehead atoms. The van der Waals surface area contributed by atoms with E-state index in [-0.39, 0.29) is 35.1 Å². The molecule has 1 aliphatic heterocycles. The fourth-order valence-electron chi connectivity index (χ4n) is 3.70. The summed E-state index contributed by atoms with van der Waals surface area (Å²) in [7, 11) is -3.82. The molecule has 3 aromatic rings. The monoisotopic (exact) mass is 471 g/mol. The van der Waals surface area contributed by atoms with Crippen LogP contribution < -0.4 is 10.2 Å². The molecule has 1 saturated heterocycles. The fourth-order valence-corrected chi connectivity index (χ4v) is 5.17. The molecule has 0 spiro atoms. The van der Waals surface area contributed by atoms with Crippen LogP contribution in [0.15, 0.2) is 71.6 Å². The first-order chi connectivity index (χ1) is 15.7. The molecule has 6 nitrogen and oxygen atoms in total. The minimum Gasteiger partial charge on any atom is -0.369 e. The molecule has 3 aromatic carbocycles. The zero-order valence-corrected chi connectivity index (χ0v) is 18.8. The number of carbonyl (C=O) groups excluding carboxylic acids is 1. The quantitative estimate of drug-likeness (QED) is 0.610. The lowest BCUT2D eigenvalue weighted by atomic mass is 10.2. The lowest BCUT2D eigenvalue weighted by molar-refractivity contribution is 0.102. The third-order valence-electron chi connectivity index (χ3n) is 5.54. The third kappa shape index (κ3) is 5.04. The van der Waals surface area contributed by atoms with Gasteiger partial charge in [-0.3, -0.25) is 4.79 Å². The summed E-state index contributed by atoms with van der Waals surface area (Å²) in [4.78, 5) is 14.6. The number of aryl methyl sites for hydroxylation is 1. The van der Waals surface area contributed by atoms with Crippen LogP contribution in [0.2, 0.25) is 0 Å². The van der Waals surface area contributed by atoms with Crippen molar-refractivity contribution >= 4 is 27.3 Å². The number of piperazine rings is 1. The molecule has 1 fully saturated rings. The average molecular weight is 472 g/mol. The van der Waals surface area contributed by atoms with Gasteiger partial charge in [-0.2, -0.15) is 4.31 Å². The van der Waals surface area contributed by atoms with Crippen LogP contribution in [0.25, 0.3) is 0 Å². The molecule has 0 saturated carbocycles. The van der Waals surface area contributed by atoms with Crippen LogP contribution in [0.1, 0.15) is 15.9 Å². The van der Waals surface area contributed by atoms with E-state index in [1.807, 2.05) is 4.90 Å². The number of benzene rings is 3. The summed E-state index contributed by atoms with van der Waals surface area (Å²) >= 11 is 0. The van der Waals surface area contributed by atoms with Crippen LogP contribution in [0.5, 0.6) is 0 Å². The van der Waals surface area contributed by atoms with Crippen LogP contribution in [0.3, 0.4) is 0 Å². The first kappa shape index (κ1) is 22.9. The molecular weight excluding hydrogens is 448 g/mol. The lowest BCUT2D eigenvalue weighted by Gasteiger charge is -2.35. The Morgan fingerprint density at radius 1 is 0.909 bits per heavy atom. The second-order valence-corrected chi connectivity index (χ2v) is 9.77. The van der Waals surface area contributed by atoms with Crippen molar-refractivity contribution in [3.05, 3.63) is 89.5 Å². The van der Waals surface area contributed by atoms with E-state index in [0.29, 0.717) is 13.1 Å². The summed E-state index contributed by atoms with van der Waals surface area (Å²) in [6, 6.07) is 16.2. The first-order valence-electron chi connectivity index (χ1n) is 10.4. The highest BCUT2D eigenvalue weighted by atomic mass is 32.2. The summed E-state index contributed by atoms with van der Waals surface area (Å²) in [5.74, 6) is -1.49. The number of nitrogens with zero attached hydrogens (tertiary/aromatic N) is 2. The van der Waals surface area contributed by atoms with E-state index in [0.717, 1.165) is 11.3 Å². The Morgan fingerprint density at radius 2 is 1.61 bits per heavy atom. The normalized spacial score (nSPS) is 14.8. The van der Waals surface area contributed by atoms with Crippen molar-refractivity contribution in [3.8, 4) is 0 Å². The Kier molecular flexibility index (Phi) is 6.44. The molecule has 0 radical (unpaired) electrons. The van der Waals surface area contributed by atoms with E-state index < -0.39 is 21.7 Å². The summed E-state index contributed by atoms with van der Waals surface area (Å²) in [5.41, 5.74) is 1.69. The zero-order chi connectivity index (χ0) is 23.6. The van der Waals surface area contributed by atoms with E-state index in [4.69, 9.17) is 0 Å². The number of hydrogen-bond acceptors (Lipinski definition) is 4. The van der Waals surface area contributed by atoms with Gasteiger partial charge in [0.05, 0.1) is 10.6 Å². The Labute approximate surface area is 191 Å². The smallest absolute Gasteiger partial charge is 0.255 e. The molecule has 0 atom stereocenters. The van der Waals surface area contributed by atoms with Crippen LogP contribution in [-0.2, 0) is 10.0 Å². The molecule has 1 aliphatic rings. The number of anilines is 2. The molecular formula is C24H23F2N3O3S. The van der Waals surface area contributed by atoms with Crippen LogP contribution in [0.4, 0.5) is 20.2 Å². The van der Waals surface area contributed by atoms with E-state index >= 15 is 0 Å². The van der Waals surface area contributed by atoms with Crippen LogP contribution in [0, 0.1) is 18.6 Å². The first-order valence-corrected chi connectivity index (χ1v) is 11.9. The van der Waals surface area contributed by atoms with Crippen molar-refractivity contribution in [1.29, 1.82) is 0 Å². The van der Waals surface area contributed by atoms with E-state index in [1.165, 1.54) is 52.8 Å². The van der Waals surface area contributed by atoms with Gasteiger partial charge in [-0.1, -0.05) is 12.1 Å². The van der Waals surface area contributed by atoms with Gasteiger partial charge < -0.3 is 10.2 Å². The van der Waals surface area contributed by atoms with Gasteiger partial charge in [-0.25, -0.2) is 17.2 Å². The highest BCUT2D eigenvalue weighted by Gasteiger charge is 2.29. The van der Waals surface area contributed by atoms with Crippen molar-refractivity contribution in [2.45, 2.75) is 11.8 Å². The largest absolute Gasteiger partial charge is 0.369 e. The predicted molar refractivity (Wildman–Crippen MR) is 123 cm³/mol. The van der Waals surface area contributed by atoms with Crippen LogP contribution in [-0.4, -0.2) is 44.8 Å². The molecule has 0 aromatic heterocycles. The van der Waals surface area contributed by atoms with Crippen LogP contribution >= 0.6 is 0 Å². The van der Waals surface area contributed by atoms with Gasteiger partial charge in [0.2, 0.25) is 10.0 Å². The molecule has 0 aliphatic carbocycles. The molecule has 4 rings (SSSR count). The number of halogens is 2. The second kappa shape index (κ2) is 9.29. The van der Waals surface area contributed by atoms with Gasteiger partial charge in [0.1, 0.15) is 11.6 Å². The molecule has 1 N–H and O–H groups in total. The predicted octanol–water partition coefficient (Wildman–Crippen LogP) is 4.04. The molecule has 172 valence electrons. The SMILES string of the molecule is Cc1ccc(NC(=O)c2cccc(S(=O)(=O)N3CCN(c4ccc(F)cc4)CC3)c2)c(F)c1. The van der Waals surface area contributed by atoms with Gasteiger partial charge in [-0.15, -0.1) is 0 Å². The third-order valence-corrected chi connectivity index (χ3v) is 7.43. The second-order valence-electron chi connectivity index (χ2n) is 7.83.